The lowest BCUT2D eigenvalue weighted by molar-refractivity contribution is 0.102. The van der Waals surface area contributed by atoms with Gasteiger partial charge in [-0.05, 0) is 30.7 Å². The van der Waals surface area contributed by atoms with Gasteiger partial charge in [-0.2, -0.15) is 0 Å². The highest BCUT2D eigenvalue weighted by Gasteiger charge is 2.11. The second-order valence-corrected chi connectivity index (χ2v) is 4.79. The van der Waals surface area contributed by atoms with Gasteiger partial charge in [-0.1, -0.05) is 12.1 Å². The van der Waals surface area contributed by atoms with E-state index in [-0.39, 0.29) is 5.91 Å². The van der Waals surface area contributed by atoms with Crippen LogP contribution in [0.25, 0.3) is 0 Å². The molecule has 1 aromatic heterocycles. The summed E-state index contributed by atoms with van der Waals surface area (Å²) >= 11 is 0. The van der Waals surface area contributed by atoms with Crippen molar-refractivity contribution in [1.29, 1.82) is 0 Å². The van der Waals surface area contributed by atoms with Gasteiger partial charge in [0.1, 0.15) is 5.75 Å². The second-order valence-electron chi connectivity index (χ2n) is 4.79. The molecule has 0 unspecified atom stereocenters. The number of aryl methyl sites for hydroxylation is 1. The summed E-state index contributed by atoms with van der Waals surface area (Å²) in [5, 5.41) is 5.95. The number of rotatable bonds is 6. The molecule has 0 fully saturated rings. The van der Waals surface area contributed by atoms with E-state index < -0.39 is 0 Å². The predicted molar refractivity (Wildman–Crippen MR) is 88.6 cm³/mol. The van der Waals surface area contributed by atoms with Gasteiger partial charge in [0.25, 0.3) is 5.91 Å². The molecule has 1 amide bonds. The largest absolute Gasteiger partial charge is 0.495 e. The number of nitrogens with one attached hydrogen (secondary N) is 2. The van der Waals surface area contributed by atoms with E-state index >= 15 is 0 Å². The van der Waals surface area contributed by atoms with Crippen LogP contribution in [-0.2, 0) is 0 Å². The van der Waals surface area contributed by atoms with Gasteiger partial charge < -0.3 is 15.4 Å². The van der Waals surface area contributed by atoms with Crippen LogP contribution < -0.4 is 15.4 Å². The fourth-order valence-corrected chi connectivity index (χ4v) is 1.96. The Labute approximate surface area is 130 Å². The fourth-order valence-electron chi connectivity index (χ4n) is 1.96. The maximum Gasteiger partial charge on any atom is 0.257 e. The number of pyridine rings is 1. The summed E-state index contributed by atoms with van der Waals surface area (Å²) in [6, 6.07) is 7.36. The van der Waals surface area contributed by atoms with Crippen LogP contribution in [0.3, 0.4) is 0 Å². The van der Waals surface area contributed by atoms with Crippen molar-refractivity contribution in [3.05, 3.63) is 60.4 Å². The number of carbonyl (C=O) groups is 1. The van der Waals surface area contributed by atoms with Gasteiger partial charge in [-0.25, -0.2) is 0 Å². The molecule has 1 heterocycles. The first-order valence-electron chi connectivity index (χ1n) is 6.90. The van der Waals surface area contributed by atoms with Crippen molar-refractivity contribution in [3.63, 3.8) is 0 Å². The SMILES string of the molecule is C=CCNc1cncc(C(=O)Nc2cc(C)ccc2OC)c1. The summed E-state index contributed by atoms with van der Waals surface area (Å²) in [7, 11) is 1.57. The Bertz CT molecular complexity index is 683. The van der Waals surface area contributed by atoms with Crippen LogP contribution in [0.4, 0.5) is 11.4 Å². The standard InChI is InChI=1S/C17H19N3O2/c1-4-7-19-14-9-13(10-18-11-14)17(21)20-15-8-12(2)5-6-16(15)22-3/h4-6,8-11,19H,1,7H2,2-3H3,(H,20,21). The molecule has 0 aliphatic heterocycles. The molecule has 0 bridgehead atoms. The molecule has 114 valence electrons. The molecule has 0 saturated heterocycles. The summed E-state index contributed by atoms with van der Waals surface area (Å²) in [5.41, 5.74) is 2.91. The summed E-state index contributed by atoms with van der Waals surface area (Å²) in [4.78, 5) is 16.4. The van der Waals surface area contributed by atoms with E-state index in [1.54, 1.807) is 25.4 Å². The second kappa shape index (κ2) is 7.26. The third-order valence-electron chi connectivity index (χ3n) is 3.05. The van der Waals surface area contributed by atoms with Crippen LogP contribution in [0, 0.1) is 6.92 Å². The van der Waals surface area contributed by atoms with E-state index in [1.807, 2.05) is 25.1 Å². The summed E-state index contributed by atoms with van der Waals surface area (Å²) in [6.45, 7) is 6.20. The number of hydrogen-bond acceptors (Lipinski definition) is 4. The van der Waals surface area contributed by atoms with Gasteiger partial charge in [-0.15, -0.1) is 6.58 Å². The normalized spacial score (nSPS) is 9.91. The van der Waals surface area contributed by atoms with Gasteiger partial charge in [0, 0.05) is 18.9 Å². The van der Waals surface area contributed by atoms with Gasteiger partial charge in [-0.3, -0.25) is 9.78 Å². The Kier molecular flexibility index (Phi) is 5.14. The maximum atomic E-state index is 12.4. The zero-order chi connectivity index (χ0) is 15.9. The van der Waals surface area contributed by atoms with Crippen molar-refractivity contribution >= 4 is 17.3 Å². The summed E-state index contributed by atoms with van der Waals surface area (Å²) in [5.74, 6) is 0.381. The first kappa shape index (κ1) is 15.6. The molecule has 5 nitrogen and oxygen atoms in total. The molecule has 0 spiro atoms. The van der Waals surface area contributed by atoms with E-state index in [0.29, 0.717) is 23.5 Å². The van der Waals surface area contributed by atoms with Crippen LogP contribution in [0.15, 0.2) is 49.3 Å². The molecule has 22 heavy (non-hydrogen) atoms. The highest BCUT2D eigenvalue weighted by molar-refractivity contribution is 6.05. The molecular weight excluding hydrogens is 278 g/mol. The third-order valence-corrected chi connectivity index (χ3v) is 3.05. The maximum absolute atomic E-state index is 12.4. The zero-order valence-corrected chi connectivity index (χ0v) is 12.7. The summed E-state index contributed by atoms with van der Waals surface area (Å²) in [6.07, 6.45) is 4.93. The molecule has 0 aliphatic carbocycles. The number of hydrogen-bond donors (Lipinski definition) is 2. The van der Waals surface area contributed by atoms with Crippen molar-refractivity contribution in [2.45, 2.75) is 6.92 Å². The molecule has 0 saturated carbocycles. The number of amides is 1. The minimum atomic E-state index is -0.237. The number of anilines is 2. The molecule has 2 rings (SSSR count). The van der Waals surface area contributed by atoms with Crippen molar-refractivity contribution in [2.24, 2.45) is 0 Å². The van der Waals surface area contributed by atoms with Crippen molar-refractivity contribution < 1.29 is 9.53 Å². The quantitative estimate of drug-likeness (QED) is 0.803. The van der Waals surface area contributed by atoms with Gasteiger partial charge in [0.2, 0.25) is 0 Å². The lowest BCUT2D eigenvalue weighted by Gasteiger charge is -2.11. The van der Waals surface area contributed by atoms with Crippen LogP contribution in [0.1, 0.15) is 15.9 Å². The average molecular weight is 297 g/mol. The van der Waals surface area contributed by atoms with Crippen molar-refractivity contribution in [2.75, 3.05) is 24.3 Å². The number of aromatic nitrogens is 1. The minimum absolute atomic E-state index is 0.237. The lowest BCUT2D eigenvalue weighted by Crippen LogP contribution is -2.13. The Morgan fingerprint density at radius 2 is 2.18 bits per heavy atom. The monoisotopic (exact) mass is 297 g/mol. The van der Waals surface area contributed by atoms with Crippen molar-refractivity contribution in [3.8, 4) is 5.75 Å². The lowest BCUT2D eigenvalue weighted by atomic mass is 10.2. The van der Waals surface area contributed by atoms with Crippen LogP contribution in [-0.4, -0.2) is 24.5 Å². The molecule has 0 radical (unpaired) electrons. The van der Waals surface area contributed by atoms with E-state index in [4.69, 9.17) is 4.74 Å². The Hall–Kier alpha value is -2.82. The number of carbonyl (C=O) groups excluding carboxylic acids is 1. The number of ether oxygens (including phenoxy) is 1. The number of methoxy groups -OCH3 is 1. The fraction of sp³-hybridized carbons (Fsp3) is 0.176. The van der Waals surface area contributed by atoms with E-state index in [0.717, 1.165) is 11.3 Å². The Balaban J connectivity index is 2.18. The molecule has 1 aromatic carbocycles. The van der Waals surface area contributed by atoms with E-state index in [1.165, 1.54) is 6.20 Å². The highest BCUT2D eigenvalue weighted by atomic mass is 16.5. The molecule has 0 aliphatic rings. The van der Waals surface area contributed by atoms with Gasteiger partial charge >= 0.3 is 0 Å². The highest BCUT2D eigenvalue weighted by Crippen LogP contribution is 2.25. The van der Waals surface area contributed by atoms with E-state index in [2.05, 4.69) is 22.2 Å². The third kappa shape index (κ3) is 3.85. The summed E-state index contributed by atoms with van der Waals surface area (Å²) < 4.78 is 5.26. The first-order valence-corrected chi connectivity index (χ1v) is 6.90. The number of benzene rings is 1. The molecule has 2 aromatic rings. The van der Waals surface area contributed by atoms with Crippen LogP contribution >= 0.6 is 0 Å². The topological polar surface area (TPSA) is 63.2 Å². The smallest absolute Gasteiger partial charge is 0.257 e. The predicted octanol–water partition coefficient (Wildman–Crippen LogP) is 3.25. The Morgan fingerprint density at radius 1 is 1.36 bits per heavy atom. The Morgan fingerprint density at radius 3 is 2.91 bits per heavy atom. The number of nitrogens with zero attached hydrogens (tertiary/aromatic N) is 1. The molecule has 5 heteroatoms. The van der Waals surface area contributed by atoms with Crippen LogP contribution in [0.5, 0.6) is 5.75 Å². The zero-order valence-electron chi connectivity index (χ0n) is 12.7. The average Bonchev–Trinajstić information content (AvgIpc) is 2.53. The minimum Gasteiger partial charge on any atom is -0.495 e. The molecular formula is C17H19N3O2. The molecule has 0 atom stereocenters. The molecule has 2 N–H and O–H groups in total. The van der Waals surface area contributed by atoms with Gasteiger partial charge in [0.05, 0.1) is 24.0 Å². The van der Waals surface area contributed by atoms with E-state index in [9.17, 15) is 4.79 Å². The van der Waals surface area contributed by atoms with Crippen LogP contribution in [0.2, 0.25) is 0 Å². The first-order chi connectivity index (χ1) is 10.6. The van der Waals surface area contributed by atoms with Crippen molar-refractivity contribution in [1.82, 2.24) is 4.98 Å². The van der Waals surface area contributed by atoms with Gasteiger partial charge in [0.15, 0.2) is 0 Å².